The maximum atomic E-state index is 12.4. The van der Waals surface area contributed by atoms with Crippen LogP contribution >= 0.6 is 23.4 Å². The number of hydrogen-bond acceptors (Lipinski definition) is 6. The summed E-state index contributed by atoms with van der Waals surface area (Å²) in [6.45, 7) is 0.458. The van der Waals surface area contributed by atoms with Crippen molar-refractivity contribution in [1.82, 2.24) is 19.7 Å². The number of esters is 1. The topological polar surface area (TPSA) is 89.9 Å². The third-order valence-electron chi connectivity index (χ3n) is 4.46. The van der Waals surface area contributed by atoms with E-state index >= 15 is 0 Å². The highest BCUT2D eigenvalue weighted by atomic mass is 35.5. The number of thioether (sulfide) groups is 1. The van der Waals surface area contributed by atoms with Gasteiger partial charge in [-0.25, -0.2) is 14.5 Å². The summed E-state index contributed by atoms with van der Waals surface area (Å²) in [5, 5.41) is 5.89. The molecule has 0 spiro atoms. The average molecular weight is 441 g/mol. The van der Waals surface area contributed by atoms with Gasteiger partial charge in [0.1, 0.15) is 5.39 Å². The number of methoxy groups -OCH3 is 1. The fourth-order valence-corrected chi connectivity index (χ4v) is 3.97. The van der Waals surface area contributed by atoms with Crippen molar-refractivity contribution >= 4 is 40.4 Å². The molecule has 0 aliphatic rings. The SMILES string of the molecule is COC(=O)c1ccc(CSc2nc3c(cnn3Cc3cccc(Cl)c3)c(=O)[nH]2)cc1. The van der Waals surface area contributed by atoms with E-state index in [1.54, 1.807) is 16.8 Å². The summed E-state index contributed by atoms with van der Waals surface area (Å²) in [7, 11) is 1.35. The maximum absolute atomic E-state index is 12.4. The van der Waals surface area contributed by atoms with Crippen LogP contribution < -0.4 is 5.56 Å². The second-order valence-electron chi connectivity index (χ2n) is 6.52. The third-order valence-corrected chi connectivity index (χ3v) is 5.64. The number of rotatable bonds is 6. The minimum absolute atomic E-state index is 0.235. The molecule has 0 unspecified atom stereocenters. The molecular formula is C21H17ClN4O3S. The second kappa shape index (κ2) is 8.73. The first kappa shape index (κ1) is 20.2. The van der Waals surface area contributed by atoms with Gasteiger partial charge in [-0.1, -0.05) is 47.6 Å². The number of halogens is 1. The molecule has 0 saturated carbocycles. The number of H-pyrrole nitrogens is 1. The number of carbonyl (C=O) groups excluding carboxylic acids is 1. The zero-order chi connectivity index (χ0) is 21.1. The molecule has 0 amide bonds. The van der Waals surface area contributed by atoms with Gasteiger partial charge >= 0.3 is 5.97 Å². The molecule has 152 valence electrons. The molecule has 0 aliphatic heterocycles. The molecule has 0 radical (unpaired) electrons. The van der Waals surface area contributed by atoms with Gasteiger partial charge in [0.15, 0.2) is 10.8 Å². The van der Waals surface area contributed by atoms with Crippen molar-refractivity contribution in [2.45, 2.75) is 17.5 Å². The highest BCUT2D eigenvalue weighted by molar-refractivity contribution is 7.98. The second-order valence-corrected chi connectivity index (χ2v) is 7.92. The number of aromatic amines is 1. The van der Waals surface area contributed by atoms with Gasteiger partial charge in [0.05, 0.1) is 25.4 Å². The number of benzene rings is 2. The molecular weight excluding hydrogens is 424 g/mol. The van der Waals surface area contributed by atoms with Crippen LogP contribution in [0.1, 0.15) is 21.5 Å². The molecule has 1 N–H and O–H groups in total. The lowest BCUT2D eigenvalue weighted by Gasteiger charge is -2.06. The van der Waals surface area contributed by atoms with E-state index in [1.807, 2.05) is 36.4 Å². The highest BCUT2D eigenvalue weighted by Gasteiger charge is 2.12. The van der Waals surface area contributed by atoms with Crippen LogP contribution in [-0.4, -0.2) is 32.8 Å². The fraction of sp³-hybridized carbons (Fsp3) is 0.143. The number of aromatic nitrogens is 4. The predicted octanol–water partition coefficient (Wildman–Crippen LogP) is 3.90. The first-order chi connectivity index (χ1) is 14.5. The van der Waals surface area contributed by atoms with Crippen LogP contribution in [0.25, 0.3) is 11.0 Å². The summed E-state index contributed by atoms with van der Waals surface area (Å²) in [5.41, 5.74) is 2.73. The van der Waals surface area contributed by atoms with Gasteiger partial charge in [0.25, 0.3) is 5.56 Å². The average Bonchev–Trinajstić information content (AvgIpc) is 3.15. The first-order valence-electron chi connectivity index (χ1n) is 9.04. The van der Waals surface area contributed by atoms with E-state index in [1.165, 1.54) is 25.1 Å². The molecule has 4 aromatic rings. The Labute approximate surface area is 181 Å². The Morgan fingerprint density at radius 1 is 1.20 bits per heavy atom. The largest absolute Gasteiger partial charge is 0.465 e. The van der Waals surface area contributed by atoms with E-state index in [9.17, 15) is 9.59 Å². The quantitative estimate of drug-likeness (QED) is 0.278. The van der Waals surface area contributed by atoms with Crippen molar-refractivity contribution in [3.63, 3.8) is 0 Å². The summed E-state index contributed by atoms with van der Waals surface area (Å²) in [5.74, 6) is 0.205. The van der Waals surface area contributed by atoms with Crippen LogP contribution in [0.5, 0.6) is 0 Å². The Morgan fingerprint density at radius 3 is 2.73 bits per heavy atom. The summed E-state index contributed by atoms with van der Waals surface area (Å²) < 4.78 is 6.39. The van der Waals surface area contributed by atoms with Crippen LogP contribution in [0.15, 0.2) is 64.7 Å². The molecule has 2 aromatic heterocycles. The minimum atomic E-state index is -0.376. The molecule has 2 heterocycles. The Kier molecular flexibility index (Phi) is 5.87. The van der Waals surface area contributed by atoms with Crippen molar-refractivity contribution < 1.29 is 9.53 Å². The van der Waals surface area contributed by atoms with E-state index in [4.69, 9.17) is 16.3 Å². The molecule has 4 rings (SSSR count). The van der Waals surface area contributed by atoms with Gasteiger partial charge in [-0.05, 0) is 35.4 Å². The summed E-state index contributed by atoms with van der Waals surface area (Å²) in [4.78, 5) is 31.4. The zero-order valence-electron chi connectivity index (χ0n) is 16.0. The number of ether oxygens (including phenoxy) is 1. The Bertz CT molecular complexity index is 1270. The van der Waals surface area contributed by atoms with Crippen molar-refractivity contribution in [3.05, 3.63) is 86.8 Å². The Morgan fingerprint density at radius 2 is 2.00 bits per heavy atom. The molecule has 0 fully saturated rings. The molecule has 0 atom stereocenters. The van der Waals surface area contributed by atoms with Crippen LogP contribution in [0.3, 0.4) is 0 Å². The Hall–Kier alpha value is -3.10. The molecule has 7 nitrogen and oxygen atoms in total. The number of hydrogen-bond donors (Lipinski definition) is 1. The standard InChI is InChI=1S/C21H17ClN4O3S/c1-29-20(28)15-7-5-13(6-8-15)12-30-21-24-18-17(19(27)25-21)10-23-26(18)11-14-3-2-4-16(22)9-14/h2-10H,11-12H2,1H3,(H,24,25,27). The molecule has 9 heteroatoms. The third kappa shape index (κ3) is 4.39. The minimum Gasteiger partial charge on any atom is -0.465 e. The van der Waals surface area contributed by atoms with Crippen LogP contribution in [0.2, 0.25) is 5.02 Å². The molecule has 0 bridgehead atoms. The van der Waals surface area contributed by atoms with E-state index in [0.29, 0.717) is 39.1 Å². The van der Waals surface area contributed by atoms with E-state index in [2.05, 4.69) is 15.1 Å². The van der Waals surface area contributed by atoms with Crippen LogP contribution in [-0.2, 0) is 17.0 Å². The van der Waals surface area contributed by atoms with Crippen LogP contribution in [0, 0.1) is 0 Å². The number of nitrogens with zero attached hydrogens (tertiary/aromatic N) is 3. The van der Waals surface area contributed by atoms with E-state index in [-0.39, 0.29) is 11.5 Å². The van der Waals surface area contributed by atoms with Crippen molar-refractivity contribution in [1.29, 1.82) is 0 Å². The highest BCUT2D eigenvalue weighted by Crippen LogP contribution is 2.21. The van der Waals surface area contributed by atoms with E-state index in [0.717, 1.165) is 11.1 Å². The smallest absolute Gasteiger partial charge is 0.337 e. The van der Waals surface area contributed by atoms with Gasteiger partial charge in [-0.3, -0.25) is 4.79 Å². The van der Waals surface area contributed by atoms with Gasteiger partial charge in [-0.15, -0.1) is 0 Å². The normalized spacial score (nSPS) is 11.0. The number of fused-ring (bicyclic) bond motifs is 1. The lowest BCUT2D eigenvalue weighted by molar-refractivity contribution is 0.0600. The molecule has 30 heavy (non-hydrogen) atoms. The first-order valence-corrected chi connectivity index (χ1v) is 10.4. The van der Waals surface area contributed by atoms with Crippen molar-refractivity contribution in [2.24, 2.45) is 0 Å². The number of nitrogens with one attached hydrogen (secondary N) is 1. The predicted molar refractivity (Wildman–Crippen MR) is 116 cm³/mol. The molecule has 2 aromatic carbocycles. The summed E-state index contributed by atoms with van der Waals surface area (Å²) in [6.07, 6.45) is 1.52. The van der Waals surface area contributed by atoms with Crippen molar-refractivity contribution in [3.8, 4) is 0 Å². The van der Waals surface area contributed by atoms with Crippen LogP contribution in [0.4, 0.5) is 0 Å². The lowest BCUT2D eigenvalue weighted by atomic mass is 10.1. The molecule has 0 aliphatic carbocycles. The maximum Gasteiger partial charge on any atom is 0.337 e. The monoisotopic (exact) mass is 440 g/mol. The van der Waals surface area contributed by atoms with Gasteiger partial charge in [0.2, 0.25) is 0 Å². The summed E-state index contributed by atoms with van der Waals surface area (Å²) >= 11 is 7.46. The van der Waals surface area contributed by atoms with Gasteiger partial charge < -0.3 is 9.72 Å². The van der Waals surface area contributed by atoms with E-state index < -0.39 is 0 Å². The van der Waals surface area contributed by atoms with Gasteiger partial charge in [-0.2, -0.15) is 5.10 Å². The summed E-state index contributed by atoms with van der Waals surface area (Å²) in [6, 6.07) is 14.6. The Balaban J connectivity index is 1.55. The lowest BCUT2D eigenvalue weighted by Crippen LogP contribution is -2.10. The fourth-order valence-electron chi connectivity index (χ4n) is 2.94. The van der Waals surface area contributed by atoms with Gasteiger partial charge in [0, 0.05) is 10.8 Å². The molecule has 0 saturated heterocycles. The number of carbonyl (C=O) groups is 1. The zero-order valence-corrected chi connectivity index (χ0v) is 17.5. The van der Waals surface area contributed by atoms with Crippen molar-refractivity contribution in [2.75, 3.05) is 7.11 Å².